The number of hydrogen-bond donors (Lipinski definition) is 2. The Balaban J connectivity index is 0.791. The molecule has 0 saturated carbocycles. The molecule has 6 aromatic rings. The molecule has 1 amide bonds. The highest BCUT2D eigenvalue weighted by Crippen LogP contribution is 2.45. The number of hydrogen-bond acceptors (Lipinski definition) is 8. The molecule has 0 aliphatic carbocycles. The topological polar surface area (TPSA) is 114 Å². The lowest BCUT2D eigenvalue weighted by Crippen LogP contribution is -2.37. The second-order valence-electron chi connectivity index (χ2n) is 15.9. The number of carbonyl (C=O) groups excluding carboxylic acids is 2. The molecule has 3 heterocycles. The number of aliphatic imine (C=N–C) groups is 1. The molecule has 0 spiro atoms. The number of ketones is 1. The first kappa shape index (κ1) is 42.0. The van der Waals surface area contributed by atoms with E-state index in [1.165, 1.54) is 46.3 Å². The average Bonchev–Trinajstić information content (AvgIpc) is 3.72. The fraction of sp³-hybridized carbons (Fsp3) is 0.275. The van der Waals surface area contributed by atoms with Crippen LogP contribution in [-0.4, -0.2) is 70.4 Å². The molecule has 0 radical (unpaired) electrons. The largest absolute Gasteiger partial charge is 0.492 e. The summed E-state index contributed by atoms with van der Waals surface area (Å²) in [6, 6.07) is 39.6. The summed E-state index contributed by atoms with van der Waals surface area (Å²) in [5.41, 5.74) is 9.89. The lowest BCUT2D eigenvalue weighted by Gasteiger charge is -2.37. The van der Waals surface area contributed by atoms with Crippen LogP contribution in [0.5, 0.6) is 5.75 Å². The molecule has 2 atom stereocenters. The molecule has 8 rings (SSSR count). The van der Waals surface area contributed by atoms with Crippen molar-refractivity contribution in [3.8, 4) is 5.75 Å². The lowest BCUT2D eigenvalue weighted by atomic mass is 9.78. The number of unbranched alkanes of at least 4 members (excludes halogenated alkanes) is 2. The third-order valence-corrected chi connectivity index (χ3v) is 11.7. The Kier molecular flexibility index (Phi) is 13.1. The average molecular weight is 830 g/mol. The Hall–Kier alpha value is -6.72. The van der Waals surface area contributed by atoms with E-state index in [2.05, 4.69) is 130 Å². The van der Waals surface area contributed by atoms with E-state index in [9.17, 15) is 14.0 Å². The van der Waals surface area contributed by atoms with Crippen LogP contribution in [0.4, 0.5) is 15.8 Å². The summed E-state index contributed by atoms with van der Waals surface area (Å²) in [4.78, 5) is 37.2. The van der Waals surface area contributed by atoms with Crippen LogP contribution in [-0.2, 0) is 11.8 Å². The van der Waals surface area contributed by atoms with Crippen molar-refractivity contribution in [2.75, 3.05) is 43.9 Å². The van der Waals surface area contributed by atoms with Gasteiger partial charge in [0.25, 0.3) is 0 Å². The van der Waals surface area contributed by atoms with Crippen molar-refractivity contribution in [3.63, 3.8) is 0 Å². The maximum absolute atomic E-state index is 14.7. The molecular weight excluding hydrogens is 778 g/mol. The van der Waals surface area contributed by atoms with E-state index >= 15 is 0 Å². The second kappa shape index (κ2) is 19.3. The van der Waals surface area contributed by atoms with Gasteiger partial charge in [0.15, 0.2) is 5.78 Å². The Morgan fingerprint density at radius 1 is 0.887 bits per heavy atom. The quantitative estimate of drug-likeness (QED) is 0.0696. The monoisotopic (exact) mass is 829 g/mol. The van der Waals surface area contributed by atoms with Crippen LogP contribution in [0.1, 0.15) is 95.0 Å². The van der Waals surface area contributed by atoms with Crippen LogP contribution < -0.4 is 15.4 Å². The number of Topliss-reactive ketones (excluding diaryl/α,β-unsaturated/α-hetero) is 1. The molecule has 10 nitrogen and oxygen atoms in total. The summed E-state index contributed by atoms with van der Waals surface area (Å²) < 4.78 is 22.5. The van der Waals surface area contributed by atoms with Gasteiger partial charge in [0.1, 0.15) is 36.9 Å². The van der Waals surface area contributed by atoms with Gasteiger partial charge in [-0.15, -0.1) is 0 Å². The first-order valence-corrected chi connectivity index (χ1v) is 21.4. The fourth-order valence-corrected chi connectivity index (χ4v) is 8.61. The summed E-state index contributed by atoms with van der Waals surface area (Å²) in [6.45, 7) is 4.47. The summed E-state index contributed by atoms with van der Waals surface area (Å²) in [5.74, 6) is 0.405. The predicted molar refractivity (Wildman–Crippen MR) is 244 cm³/mol. The second-order valence-corrected chi connectivity index (χ2v) is 15.9. The van der Waals surface area contributed by atoms with Crippen LogP contribution in [0.3, 0.4) is 0 Å². The Morgan fingerprint density at radius 3 is 2.29 bits per heavy atom. The number of likely N-dealkylation sites (N-methyl/N-ethyl adjacent to an activating group) is 1. The third-order valence-electron chi connectivity index (χ3n) is 11.7. The number of carbonyl (C=O) groups is 2. The molecule has 1 aromatic heterocycles. The minimum absolute atomic E-state index is 0.0335. The molecule has 0 saturated heterocycles. The van der Waals surface area contributed by atoms with Gasteiger partial charge in [-0.25, -0.2) is 9.37 Å². The van der Waals surface area contributed by atoms with E-state index in [0.29, 0.717) is 47.1 Å². The van der Waals surface area contributed by atoms with Gasteiger partial charge in [0.05, 0.1) is 17.7 Å². The number of benzene rings is 5. The molecule has 5 aromatic carbocycles. The van der Waals surface area contributed by atoms with Crippen molar-refractivity contribution >= 4 is 39.9 Å². The van der Waals surface area contributed by atoms with E-state index in [1.54, 1.807) is 4.68 Å². The van der Waals surface area contributed by atoms with Crippen LogP contribution in [0.25, 0.3) is 11.1 Å². The molecule has 316 valence electrons. The fourth-order valence-electron chi connectivity index (χ4n) is 8.61. The highest BCUT2D eigenvalue weighted by atomic mass is 19.1. The smallest absolute Gasteiger partial charge is 0.224 e. The number of nitrogens with one attached hydrogen (secondary N) is 2. The zero-order valence-electron chi connectivity index (χ0n) is 35.5. The van der Waals surface area contributed by atoms with Gasteiger partial charge in [-0.1, -0.05) is 98.3 Å². The van der Waals surface area contributed by atoms with E-state index in [4.69, 9.17) is 4.74 Å². The van der Waals surface area contributed by atoms with E-state index < -0.39 is 5.82 Å². The van der Waals surface area contributed by atoms with Gasteiger partial charge in [-0.05, 0) is 103 Å². The molecule has 0 bridgehead atoms. The van der Waals surface area contributed by atoms with E-state index in [-0.39, 0.29) is 30.2 Å². The molecular formula is C51H52FN7O3. The number of rotatable bonds is 17. The number of aromatic nitrogens is 3. The van der Waals surface area contributed by atoms with Crippen molar-refractivity contribution in [2.45, 2.75) is 51.0 Å². The molecule has 2 N–H and O–H groups in total. The van der Waals surface area contributed by atoms with Crippen LogP contribution in [0.15, 0.2) is 133 Å². The van der Waals surface area contributed by atoms with Gasteiger partial charge in [0.2, 0.25) is 5.91 Å². The van der Waals surface area contributed by atoms with Crippen molar-refractivity contribution in [2.24, 2.45) is 12.0 Å². The highest BCUT2D eigenvalue weighted by Gasteiger charge is 2.42. The molecule has 0 fully saturated rings. The minimum Gasteiger partial charge on any atom is -0.492 e. The summed E-state index contributed by atoms with van der Waals surface area (Å²) in [6.07, 6.45) is 5.55. The number of halogens is 1. The Morgan fingerprint density at radius 2 is 1.60 bits per heavy atom. The number of amides is 1. The zero-order chi connectivity index (χ0) is 43.0. The van der Waals surface area contributed by atoms with Gasteiger partial charge in [-0.3, -0.25) is 19.3 Å². The summed E-state index contributed by atoms with van der Waals surface area (Å²) in [5, 5.41) is 10.8. The number of ether oxygens (including phenoxy) is 1. The minimum atomic E-state index is -0.485. The van der Waals surface area contributed by atoms with Gasteiger partial charge < -0.3 is 20.3 Å². The first-order chi connectivity index (χ1) is 30.3. The maximum Gasteiger partial charge on any atom is 0.224 e. The maximum atomic E-state index is 14.7. The Labute approximate surface area is 362 Å². The molecule has 1 unspecified atom stereocenters. The lowest BCUT2D eigenvalue weighted by molar-refractivity contribution is -0.116. The van der Waals surface area contributed by atoms with E-state index in [1.807, 2.05) is 31.3 Å². The summed E-state index contributed by atoms with van der Waals surface area (Å²) >= 11 is 0. The SMILES string of the molecule is CC/C(=C(\c1ccccc1)c1ccc(OCCN(C)CCCCCC(=O)Nc2ccc(C3Nc4cc(F)cc5c4C(=NCC5=O)[C@@H]3c3ncnn3C)cc2)cc1)c1ccccc1. The summed E-state index contributed by atoms with van der Waals surface area (Å²) in [7, 11) is 3.92. The van der Waals surface area contributed by atoms with Crippen molar-refractivity contribution in [1.29, 1.82) is 0 Å². The highest BCUT2D eigenvalue weighted by molar-refractivity contribution is 6.21. The third kappa shape index (κ3) is 9.43. The van der Waals surface area contributed by atoms with Crippen molar-refractivity contribution < 1.29 is 18.7 Å². The van der Waals surface area contributed by atoms with Crippen molar-refractivity contribution in [3.05, 3.63) is 173 Å². The van der Waals surface area contributed by atoms with Gasteiger partial charge in [0, 0.05) is 42.5 Å². The molecule has 2 aliphatic rings. The first-order valence-electron chi connectivity index (χ1n) is 21.4. The molecule has 62 heavy (non-hydrogen) atoms. The van der Waals surface area contributed by atoms with Crippen LogP contribution >= 0.6 is 0 Å². The van der Waals surface area contributed by atoms with E-state index in [0.717, 1.165) is 50.1 Å². The van der Waals surface area contributed by atoms with Gasteiger partial charge >= 0.3 is 0 Å². The Bertz CT molecular complexity index is 2570. The van der Waals surface area contributed by atoms with Crippen molar-refractivity contribution in [1.82, 2.24) is 19.7 Å². The van der Waals surface area contributed by atoms with Crippen LogP contribution in [0.2, 0.25) is 0 Å². The standard InChI is InChI=1S/C51H52FN7O3/c1-4-41(34-14-8-5-9-15-34)46(35-16-10-6-11-17-35)36-21-25-40(26-22-36)62-29-28-58(2)27-13-7-12-18-45(61)56-39-23-19-37(20-24-39)49-48(51-54-33-55-59(51)3)50-47-42(44(60)32-53-50)30-38(52)31-43(47)57-49/h5-6,8-11,14-17,19-26,30-31,33,48-49,57H,4,7,12-13,18,27-29,32H2,1-3H3,(H,56,61)/b46-41-/t48-,49?/m1/s1. The van der Waals surface area contributed by atoms with Gasteiger partial charge in [-0.2, -0.15) is 5.10 Å². The van der Waals surface area contributed by atoms with Crippen LogP contribution in [0, 0.1) is 5.82 Å². The predicted octanol–water partition coefficient (Wildman–Crippen LogP) is 9.77. The number of allylic oxidation sites excluding steroid dienone is 1. The normalized spacial score (nSPS) is 16.0. The molecule has 11 heteroatoms. The number of aryl methyl sites for hydroxylation is 1. The zero-order valence-corrected chi connectivity index (χ0v) is 35.5. The number of nitrogens with zero attached hydrogens (tertiary/aromatic N) is 5. The molecule has 2 aliphatic heterocycles. The number of anilines is 2.